The van der Waals surface area contributed by atoms with E-state index in [1.54, 1.807) is 0 Å². The number of carbonyl (C=O) groups excluding carboxylic acids is 5. The third-order valence-electron chi connectivity index (χ3n) is 7.69. The molecule has 1 heterocycles. The standard InChI is InChI=1S/C30H45N9O11/c1-15(35-26(46)19(4-2-10-34-30(32)33)36-25(45)18(31)13-23(42)43)24(44)38-21(14-40)28(48)39-11-3-5-22(39)27(47)37-20(29(49)50)12-16-6-8-17(41)9-7-16/h6-9,15,18-22,40-41H,2-5,10-14,31H2,1H3,(H,35,46)(H,36,45)(H,37,47)(H,38,44)(H,42,43)(H,49,50)(H4,32,33,34)/t15-,18-,19-,20-,21-,22-/m0/s1. The molecule has 0 spiro atoms. The first-order valence-electron chi connectivity index (χ1n) is 15.7. The number of hydrogen-bond donors (Lipinski definition) is 11. The average Bonchev–Trinajstić information content (AvgIpc) is 3.55. The van der Waals surface area contributed by atoms with Crippen LogP contribution in [0.5, 0.6) is 5.75 Å². The predicted molar refractivity (Wildman–Crippen MR) is 175 cm³/mol. The van der Waals surface area contributed by atoms with Gasteiger partial charge in [-0.3, -0.25) is 33.8 Å². The lowest BCUT2D eigenvalue weighted by Crippen LogP contribution is -2.59. The molecule has 1 aliphatic heterocycles. The van der Waals surface area contributed by atoms with Crippen LogP contribution in [0.15, 0.2) is 29.3 Å². The first kappa shape index (κ1) is 40.7. The molecule has 0 aromatic heterocycles. The molecular formula is C30H45N9O11. The van der Waals surface area contributed by atoms with Crippen LogP contribution in [-0.2, 0) is 40.0 Å². The van der Waals surface area contributed by atoms with Crippen molar-refractivity contribution >= 4 is 47.4 Å². The molecule has 0 aliphatic carbocycles. The van der Waals surface area contributed by atoms with Gasteiger partial charge >= 0.3 is 11.9 Å². The minimum Gasteiger partial charge on any atom is -0.508 e. The van der Waals surface area contributed by atoms with E-state index < -0.39 is 90.8 Å². The summed E-state index contributed by atoms with van der Waals surface area (Å²) in [5.74, 6) is -7.13. The number of rotatable bonds is 19. The lowest BCUT2D eigenvalue weighted by Gasteiger charge is -2.29. The number of nitrogens with zero attached hydrogens (tertiary/aromatic N) is 2. The van der Waals surface area contributed by atoms with E-state index >= 15 is 0 Å². The number of aromatic hydroxyl groups is 1. The fourth-order valence-electron chi connectivity index (χ4n) is 5.03. The maximum Gasteiger partial charge on any atom is 0.326 e. The van der Waals surface area contributed by atoms with E-state index in [1.165, 1.54) is 31.2 Å². The minimum atomic E-state index is -1.54. The van der Waals surface area contributed by atoms with Crippen molar-refractivity contribution in [3.05, 3.63) is 29.8 Å². The number of carboxylic acid groups (broad SMARTS) is 2. The van der Waals surface area contributed by atoms with Crippen molar-refractivity contribution in [2.24, 2.45) is 22.2 Å². The lowest BCUT2D eigenvalue weighted by molar-refractivity contribution is -0.145. The highest BCUT2D eigenvalue weighted by molar-refractivity contribution is 5.96. The molecule has 50 heavy (non-hydrogen) atoms. The highest BCUT2D eigenvalue weighted by atomic mass is 16.4. The number of aliphatic hydroxyl groups is 1. The van der Waals surface area contributed by atoms with Gasteiger partial charge in [-0.05, 0) is 50.3 Å². The van der Waals surface area contributed by atoms with Crippen molar-refractivity contribution in [1.82, 2.24) is 26.2 Å². The van der Waals surface area contributed by atoms with Gasteiger partial charge < -0.3 is 63.8 Å². The molecule has 1 aromatic carbocycles. The third kappa shape index (κ3) is 12.8. The molecule has 1 saturated heterocycles. The van der Waals surface area contributed by atoms with E-state index in [-0.39, 0.29) is 50.5 Å². The molecule has 14 N–H and O–H groups in total. The van der Waals surface area contributed by atoms with Crippen LogP contribution in [0.1, 0.15) is 44.6 Å². The molecular weight excluding hydrogens is 662 g/mol. The number of nitrogens with one attached hydrogen (secondary N) is 4. The van der Waals surface area contributed by atoms with E-state index in [0.717, 1.165) is 4.90 Å². The van der Waals surface area contributed by atoms with E-state index in [4.69, 9.17) is 22.3 Å². The van der Waals surface area contributed by atoms with Gasteiger partial charge in [-0.2, -0.15) is 0 Å². The molecule has 1 aliphatic rings. The fourth-order valence-corrected chi connectivity index (χ4v) is 5.03. The summed E-state index contributed by atoms with van der Waals surface area (Å²) in [5.41, 5.74) is 16.7. The summed E-state index contributed by atoms with van der Waals surface area (Å²) in [6.07, 6.45) is -0.0739. The summed E-state index contributed by atoms with van der Waals surface area (Å²) < 4.78 is 0. The van der Waals surface area contributed by atoms with Crippen molar-refractivity contribution < 1.29 is 54.0 Å². The molecule has 20 nitrogen and oxygen atoms in total. The number of likely N-dealkylation sites (tertiary alicyclic amines) is 1. The minimum absolute atomic E-state index is 0.0177. The van der Waals surface area contributed by atoms with Crippen LogP contribution in [0.3, 0.4) is 0 Å². The van der Waals surface area contributed by atoms with Crippen LogP contribution in [-0.4, -0.2) is 129 Å². The maximum absolute atomic E-state index is 13.4. The van der Waals surface area contributed by atoms with E-state index in [2.05, 4.69) is 26.3 Å². The zero-order valence-corrected chi connectivity index (χ0v) is 27.4. The second-order valence-corrected chi connectivity index (χ2v) is 11.6. The van der Waals surface area contributed by atoms with Gasteiger partial charge in [0.05, 0.1) is 19.1 Å². The summed E-state index contributed by atoms with van der Waals surface area (Å²) in [4.78, 5) is 92.8. The predicted octanol–water partition coefficient (Wildman–Crippen LogP) is -4.18. The molecule has 0 bridgehead atoms. The number of phenols is 1. The van der Waals surface area contributed by atoms with Gasteiger partial charge in [-0.15, -0.1) is 0 Å². The highest BCUT2D eigenvalue weighted by Crippen LogP contribution is 2.20. The highest BCUT2D eigenvalue weighted by Gasteiger charge is 2.39. The Morgan fingerprint density at radius 1 is 0.920 bits per heavy atom. The number of carboxylic acids is 2. The number of aliphatic imine (C=N–C) groups is 1. The van der Waals surface area contributed by atoms with E-state index in [9.17, 15) is 48.9 Å². The Kier molecular flexibility index (Phi) is 15.9. The number of aliphatic hydroxyl groups excluding tert-OH is 1. The van der Waals surface area contributed by atoms with Crippen LogP contribution in [0.4, 0.5) is 0 Å². The molecule has 5 amide bonds. The van der Waals surface area contributed by atoms with Gasteiger partial charge in [0.25, 0.3) is 0 Å². The number of phenolic OH excluding ortho intramolecular Hbond substituents is 1. The molecule has 0 radical (unpaired) electrons. The molecule has 2 rings (SSSR count). The van der Waals surface area contributed by atoms with Crippen molar-refractivity contribution in [2.75, 3.05) is 19.7 Å². The average molecular weight is 708 g/mol. The van der Waals surface area contributed by atoms with Crippen LogP contribution in [0.25, 0.3) is 0 Å². The Bertz CT molecular complexity index is 1420. The van der Waals surface area contributed by atoms with Gasteiger partial charge in [0, 0.05) is 19.5 Å². The Labute approximate surface area is 286 Å². The normalized spacial score (nSPS) is 16.9. The van der Waals surface area contributed by atoms with Crippen LogP contribution in [0, 0.1) is 0 Å². The van der Waals surface area contributed by atoms with Crippen molar-refractivity contribution in [1.29, 1.82) is 0 Å². The number of benzene rings is 1. The van der Waals surface area contributed by atoms with E-state index in [1.807, 2.05) is 0 Å². The summed E-state index contributed by atoms with van der Waals surface area (Å²) in [5, 5.41) is 47.5. The van der Waals surface area contributed by atoms with Crippen LogP contribution >= 0.6 is 0 Å². The smallest absolute Gasteiger partial charge is 0.326 e. The molecule has 0 saturated carbocycles. The molecule has 20 heteroatoms. The number of amides is 5. The van der Waals surface area contributed by atoms with Crippen molar-refractivity contribution in [3.63, 3.8) is 0 Å². The topological polar surface area (TPSA) is 342 Å². The van der Waals surface area contributed by atoms with Crippen molar-refractivity contribution in [2.45, 2.75) is 81.7 Å². The largest absolute Gasteiger partial charge is 0.508 e. The zero-order valence-electron chi connectivity index (χ0n) is 27.4. The quantitative estimate of drug-likeness (QED) is 0.0369. The Morgan fingerprint density at radius 2 is 1.56 bits per heavy atom. The van der Waals surface area contributed by atoms with Gasteiger partial charge in [0.15, 0.2) is 5.96 Å². The van der Waals surface area contributed by atoms with Gasteiger partial charge in [0.1, 0.15) is 36.0 Å². The lowest BCUT2D eigenvalue weighted by atomic mass is 10.0. The summed E-state index contributed by atoms with van der Waals surface area (Å²) in [6, 6.07) is -2.30. The summed E-state index contributed by atoms with van der Waals surface area (Å²) >= 11 is 0. The Morgan fingerprint density at radius 3 is 2.14 bits per heavy atom. The first-order chi connectivity index (χ1) is 23.5. The zero-order chi connectivity index (χ0) is 37.5. The number of guanidine groups is 1. The monoisotopic (exact) mass is 707 g/mol. The van der Waals surface area contributed by atoms with Gasteiger partial charge in [-0.25, -0.2) is 4.79 Å². The number of nitrogens with two attached hydrogens (primary N) is 3. The van der Waals surface area contributed by atoms with Gasteiger partial charge in [-0.1, -0.05) is 12.1 Å². The summed E-state index contributed by atoms with van der Waals surface area (Å²) in [7, 11) is 0. The molecule has 6 atom stereocenters. The molecule has 276 valence electrons. The second-order valence-electron chi connectivity index (χ2n) is 11.6. The van der Waals surface area contributed by atoms with Crippen molar-refractivity contribution in [3.8, 4) is 5.75 Å². The van der Waals surface area contributed by atoms with E-state index in [0.29, 0.717) is 12.0 Å². The Hall–Kier alpha value is -5.50. The Balaban J connectivity index is 2.06. The number of hydrogen-bond acceptors (Lipinski definition) is 11. The van der Waals surface area contributed by atoms with Crippen LogP contribution in [0.2, 0.25) is 0 Å². The molecule has 1 fully saturated rings. The molecule has 1 aromatic rings. The number of carbonyl (C=O) groups is 7. The maximum atomic E-state index is 13.4. The first-order valence-corrected chi connectivity index (χ1v) is 15.7. The van der Waals surface area contributed by atoms with Gasteiger partial charge in [0.2, 0.25) is 29.5 Å². The molecule has 0 unspecified atom stereocenters. The van der Waals surface area contributed by atoms with Crippen LogP contribution < -0.4 is 38.5 Å². The number of aliphatic carboxylic acids is 2. The fraction of sp³-hybridized carbons (Fsp3) is 0.533. The summed E-state index contributed by atoms with van der Waals surface area (Å²) in [6.45, 7) is 0.563. The SMILES string of the molecule is C[C@H](NC(=O)[C@H](CCCN=C(N)N)NC(=O)[C@@H](N)CC(=O)O)C(=O)N[C@@H](CO)C(=O)N1CCC[C@H]1C(=O)N[C@@H](Cc1ccc(O)cc1)C(=O)O. The second kappa shape index (κ2) is 19.5. The third-order valence-corrected chi connectivity index (χ3v) is 7.69.